The summed E-state index contributed by atoms with van der Waals surface area (Å²) < 4.78 is 14.8. The first kappa shape index (κ1) is 16.4. The molecule has 128 valence electrons. The Morgan fingerprint density at radius 1 is 1.33 bits per heavy atom. The SMILES string of the molecule is COC(=O)OC1=C(O)CCN(CCC2=Cc3ccc(OC)cc32)C1. The van der Waals surface area contributed by atoms with E-state index in [0.717, 1.165) is 25.3 Å². The van der Waals surface area contributed by atoms with E-state index in [9.17, 15) is 9.90 Å². The third-order valence-corrected chi connectivity index (χ3v) is 4.36. The predicted octanol–water partition coefficient (Wildman–Crippen LogP) is 3.20. The van der Waals surface area contributed by atoms with E-state index in [4.69, 9.17) is 9.47 Å². The van der Waals surface area contributed by atoms with Crippen molar-refractivity contribution in [2.24, 2.45) is 0 Å². The minimum atomic E-state index is -0.805. The molecule has 0 atom stereocenters. The smallest absolute Gasteiger partial charge is 0.509 e. The molecule has 0 amide bonds. The highest BCUT2D eigenvalue weighted by Crippen LogP contribution is 2.37. The van der Waals surface area contributed by atoms with Crippen molar-refractivity contribution in [3.05, 3.63) is 40.8 Å². The van der Waals surface area contributed by atoms with Crippen molar-refractivity contribution >= 4 is 17.8 Å². The number of carbonyl (C=O) groups excluding carboxylic acids is 1. The Labute approximate surface area is 140 Å². The van der Waals surface area contributed by atoms with Crippen LogP contribution in [0.4, 0.5) is 4.79 Å². The lowest BCUT2D eigenvalue weighted by Gasteiger charge is -2.29. The fraction of sp³-hybridized carbons (Fsp3) is 0.389. The molecule has 0 radical (unpaired) electrons. The van der Waals surface area contributed by atoms with Crippen LogP contribution in [0, 0.1) is 0 Å². The highest BCUT2D eigenvalue weighted by Gasteiger charge is 2.24. The van der Waals surface area contributed by atoms with Gasteiger partial charge in [0.2, 0.25) is 0 Å². The fourth-order valence-electron chi connectivity index (χ4n) is 2.94. The number of carbonyl (C=O) groups is 1. The molecular formula is C18H21NO5. The lowest BCUT2D eigenvalue weighted by atomic mass is 9.86. The summed E-state index contributed by atoms with van der Waals surface area (Å²) in [5.74, 6) is 1.26. The number of rotatable bonds is 5. The number of aliphatic hydroxyl groups excluding tert-OH is 1. The molecule has 0 unspecified atom stereocenters. The van der Waals surface area contributed by atoms with Gasteiger partial charge in [0.15, 0.2) is 5.76 Å². The van der Waals surface area contributed by atoms with Crippen molar-refractivity contribution < 1.29 is 24.1 Å². The third kappa shape index (κ3) is 3.38. The average Bonchev–Trinajstić information content (AvgIpc) is 2.58. The maximum Gasteiger partial charge on any atom is 0.513 e. The topological polar surface area (TPSA) is 68.2 Å². The standard InChI is InChI=1S/C18H21NO5/c1-22-14-4-3-12-9-13(15(12)10-14)5-7-19-8-6-16(20)17(11-19)24-18(21)23-2/h3-4,9-10,20H,5-8,11H2,1-2H3. The zero-order valence-electron chi connectivity index (χ0n) is 13.9. The maximum absolute atomic E-state index is 11.2. The van der Waals surface area contributed by atoms with Crippen LogP contribution in [-0.2, 0) is 9.47 Å². The van der Waals surface area contributed by atoms with Crippen LogP contribution in [0.2, 0.25) is 0 Å². The van der Waals surface area contributed by atoms with E-state index < -0.39 is 6.16 Å². The van der Waals surface area contributed by atoms with Crippen LogP contribution in [0.3, 0.4) is 0 Å². The Bertz CT molecular complexity index is 707. The van der Waals surface area contributed by atoms with Gasteiger partial charge in [0.25, 0.3) is 0 Å². The van der Waals surface area contributed by atoms with Gasteiger partial charge in [-0.05, 0) is 35.3 Å². The van der Waals surface area contributed by atoms with E-state index in [1.54, 1.807) is 7.11 Å². The van der Waals surface area contributed by atoms with Crippen LogP contribution in [0.15, 0.2) is 29.7 Å². The second kappa shape index (κ2) is 6.97. The summed E-state index contributed by atoms with van der Waals surface area (Å²) in [7, 11) is 2.91. The van der Waals surface area contributed by atoms with E-state index >= 15 is 0 Å². The molecule has 0 saturated heterocycles. The van der Waals surface area contributed by atoms with Crippen molar-refractivity contribution in [3.63, 3.8) is 0 Å². The van der Waals surface area contributed by atoms with Gasteiger partial charge in [-0.25, -0.2) is 4.79 Å². The normalized spacial score (nSPS) is 16.8. The van der Waals surface area contributed by atoms with Gasteiger partial charge in [-0.15, -0.1) is 0 Å². The Morgan fingerprint density at radius 3 is 2.92 bits per heavy atom. The maximum atomic E-state index is 11.2. The summed E-state index contributed by atoms with van der Waals surface area (Å²) in [6, 6.07) is 6.07. The minimum Gasteiger partial charge on any atom is -0.509 e. The molecule has 0 fully saturated rings. The molecule has 6 nitrogen and oxygen atoms in total. The number of methoxy groups -OCH3 is 2. The van der Waals surface area contributed by atoms with Crippen LogP contribution in [0.1, 0.15) is 24.0 Å². The van der Waals surface area contributed by atoms with Gasteiger partial charge in [-0.1, -0.05) is 12.1 Å². The second-order valence-electron chi connectivity index (χ2n) is 5.82. The average molecular weight is 331 g/mol. The van der Waals surface area contributed by atoms with Gasteiger partial charge in [-0.3, -0.25) is 4.90 Å². The van der Waals surface area contributed by atoms with Crippen molar-refractivity contribution in [1.82, 2.24) is 4.90 Å². The summed E-state index contributed by atoms with van der Waals surface area (Å²) in [6.45, 7) is 1.96. The van der Waals surface area contributed by atoms with E-state index in [-0.39, 0.29) is 11.5 Å². The zero-order chi connectivity index (χ0) is 17.1. The predicted molar refractivity (Wildman–Crippen MR) is 89.7 cm³/mol. The number of ether oxygens (including phenoxy) is 3. The first-order valence-corrected chi connectivity index (χ1v) is 7.89. The van der Waals surface area contributed by atoms with E-state index in [1.807, 2.05) is 6.07 Å². The molecule has 24 heavy (non-hydrogen) atoms. The third-order valence-electron chi connectivity index (χ3n) is 4.36. The molecule has 0 saturated carbocycles. The Balaban J connectivity index is 1.55. The molecule has 1 N–H and O–H groups in total. The van der Waals surface area contributed by atoms with Crippen LogP contribution in [0.5, 0.6) is 5.75 Å². The molecule has 1 aliphatic heterocycles. The molecule has 0 bridgehead atoms. The van der Waals surface area contributed by atoms with Crippen LogP contribution < -0.4 is 4.74 Å². The summed E-state index contributed by atoms with van der Waals surface area (Å²) in [4.78, 5) is 13.4. The number of hydrogen-bond acceptors (Lipinski definition) is 6. The van der Waals surface area contributed by atoms with Crippen LogP contribution in [-0.4, -0.2) is 50.0 Å². The Kier molecular flexibility index (Phi) is 4.76. The number of benzene rings is 1. The molecule has 1 aromatic carbocycles. The van der Waals surface area contributed by atoms with Crippen LogP contribution in [0.25, 0.3) is 11.6 Å². The van der Waals surface area contributed by atoms with Gasteiger partial charge in [-0.2, -0.15) is 0 Å². The summed E-state index contributed by atoms with van der Waals surface area (Å²) in [5, 5.41) is 9.85. The van der Waals surface area contributed by atoms with Crippen molar-refractivity contribution in [2.75, 3.05) is 33.9 Å². The van der Waals surface area contributed by atoms with Crippen molar-refractivity contribution in [2.45, 2.75) is 12.8 Å². The first-order chi connectivity index (χ1) is 11.6. The van der Waals surface area contributed by atoms with Crippen molar-refractivity contribution in [3.8, 4) is 5.75 Å². The monoisotopic (exact) mass is 331 g/mol. The van der Waals surface area contributed by atoms with E-state index in [0.29, 0.717) is 13.0 Å². The van der Waals surface area contributed by atoms with Gasteiger partial charge in [0, 0.05) is 19.5 Å². The quantitative estimate of drug-likeness (QED) is 0.836. The molecule has 1 aromatic rings. The minimum absolute atomic E-state index is 0.120. The van der Waals surface area contributed by atoms with E-state index in [2.05, 4.69) is 27.8 Å². The highest BCUT2D eigenvalue weighted by molar-refractivity contribution is 5.95. The van der Waals surface area contributed by atoms with Crippen LogP contribution >= 0.6 is 0 Å². The summed E-state index contributed by atoms with van der Waals surface area (Å²) in [5.41, 5.74) is 3.76. The second-order valence-corrected chi connectivity index (χ2v) is 5.82. The number of nitrogens with zero attached hydrogens (tertiary/aromatic N) is 1. The number of fused-ring (bicyclic) bond motifs is 1. The molecule has 0 aromatic heterocycles. The highest BCUT2D eigenvalue weighted by atomic mass is 16.7. The zero-order valence-corrected chi connectivity index (χ0v) is 13.9. The number of hydrogen-bond donors (Lipinski definition) is 1. The summed E-state index contributed by atoms with van der Waals surface area (Å²) in [6.07, 6.45) is 2.74. The molecular weight excluding hydrogens is 310 g/mol. The van der Waals surface area contributed by atoms with Gasteiger partial charge in [0.05, 0.1) is 20.8 Å². The fourth-order valence-corrected chi connectivity index (χ4v) is 2.94. The molecule has 6 heteroatoms. The van der Waals surface area contributed by atoms with Gasteiger partial charge < -0.3 is 19.3 Å². The first-order valence-electron chi connectivity index (χ1n) is 7.89. The Hall–Kier alpha value is -2.47. The lowest BCUT2D eigenvalue weighted by molar-refractivity contribution is 0.0793. The molecule has 2 aliphatic rings. The Morgan fingerprint density at radius 2 is 2.17 bits per heavy atom. The van der Waals surface area contributed by atoms with E-state index in [1.165, 1.54) is 23.8 Å². The molecule has 1 heterocycles. The van der Waals surface area contributed by atoms with Crippen molar-refractivity contribution in [1.29, 1.82) is 0 Å². The molecule has 0 spiro atoms. The summed E-state index contributed by atoms with van der Waals surface area (Å²) >= 11 is 0. The lowest BCUT2D eigenvalue weighted by Crippen LogP contribution is -2.34. The molecule has 1 aliphatic carbocycles. The molecule has 3 rings (SSSR count). The number of aliphatic hydroxyl groups is 1. The largest absolute Gasteiger partial charge is 0.513 e. The van der Waals surface area contributed by atoms with Gasteiger partial charge >= 0.3 is 6.16 Å². The van der Waals surface area contributed by atoms with Gasteiger partial charge in [0.1, 0.15) is 11.5 Å².